The summed E-state index contributed by atoms with van der Waals surface area (Å²) in [4.78, 5) is 30.5. The van der Waals surface area contributed by atoms with Crippen LogP contribution in [0.25, 0.3) is 10.1 Å². The van der Waals surface area contributed by atoms with Gasteiger partial charge in [0.05, 0.1) is 39.3 Å². The summed E-state index contributed by atoms with van der Waals surface area (Å²) in [5, 5.41) is 6.66. The third kappa shape index (κ3) is 5.95. The first-order valence-corrected chi connectivity index (χ1v) is 14.0. The predicted octanol–water partition coefficient (Wildman–Crippen LogP) is 5.39. The first-order valence-electron chi connectivity index (χ1n) is 11.7. The average Bonchev–Trinajstić information content (AvgIpc) is 3.29. The van der Waals surface area contributed by atoms with Crippen LogP contribution in [-0.4, -0.2) is 34.4 Å². The van der Waals surface area contributed by atoms with Crippen molar-refractivity contribution in [3.8, 4) is 5.75 Å². The molecule has 1 atom stereocenters. The first kappa shape index (κ1) is 27.1. The Morgan fingerprint density at radius 1 is 1.00 bits per heavy atom. The van der Waals surface area contributed by atoms with E-state index in [0.29, 0.717) is 39.1 Å². The molecule has 2 amide bonds. The molecule has 0 aliphatic carbocycles. The van der Waals surface area contributed by atoms with E-state index in [0.717, 1.165) is 15.6 Å². The maximum atomic E-state index is 13.4. The number of nitrogens with two attached hydrogens (primary N) is 1. The molecule has 2 heterocycles. The van der Waals surface area contributed by atoms with Crippen LogP contribution < -0.4 is 25.8 Å². The molecule has 198 valence electrons. The van der Waals surface area contributed by atoms with Gasteiger partial charge in [0.2, 0.25) is 0 Å². The number of aromatic nitrogens is 1. The Labute approximate surface area is 227 Å². The highest BCUT2D eigenvalue weighted by atomic mass is 32.2. The lowest BCUT2D eigenvalue weighted by molar-refractivity contribution is 0.102. The first-order chi connectivity index (χ1) is 18.0. The van der Waals surface area contributed by atoms with E-state index in [9.17, 15) is 13.8 Å². The zero-order valence-corrected chi connectivity index (χ0v) is 23.3. The predicted molar refractivity (Wildman–Crippen MR) is 156 cm³/mol. The van der Waals surface area contributed by atoms with Crippen LogP contribution in [-0.2, 0) is 16.4 Å². The van der Waals surface area contributed by atoms with Gasteiger partial charge in [-0.2, -0.15) is 0 Å². The monoisotopic (exact) mass is 551 g/mol. The summed E-state index contributed by atoms with van der Waals surface area (Å²) in [6.45, 7) is 6.15. The number of methoxy groups -OCH3 is 1. The van der Waals surface area contributed by atoms with Crippen molar-refractivity contribution in [2.75, 3.05) is 34.5 Å². The number of thiophene rings is 1. The van der Waals surface area contributed by atoms with E-state index >= 15 is 0 Å². The molecule has 0 spiro atoms. The van der Waals surface area contributed by atoms with Crippen molar-refractivity contribution in [3.05, 3.63) is 70.7 Å². The van der Waals surface area contributed by atoms with Crippen LogP contribution in [0, 0.1) is 0 Å². The molecule has 0 radical (unpaired) electrons. The summed E-state index contributed by atoms with van der Waals surface area (Å²) in [5.74, 6) is 0.0430. The Morgan fingerprint density at radius 3 is 2.34 bits per heavy atom. The number of anilines is 4. The minimum absolute atomic E-state index is 0.234. The number of benzene rings is 2. The van der Waals surface area contributed by atoms with Gasteiger partial charge >= 0.3 is 0 Å². The van der Waals surface area contributed by atoms with Gasteiger partial charge in [-0.1, -0.05) is 32.9 Å². The number of nitrogen functional groups attached to an aromatic ring is 1. The van der Waals surface area contributed by atoms with Crippen LogP contribution in [0.1, 0.15) is 46.4 Å². The van der Waals surface area contributed by atoms with E-state index in [2.05, 4.69) is 41.1 Å². The van der Waals surface area contributed by atoms with Crippen LogP contribution in [0.2, 0.25) is 0 Å². The third-order valence-corrected chi connectivity index (χ3v) is 7.42. The quantitative estimate of drug-likeness (QED) is 0.243. The fraction of sp³-hybridized carbons (Fsp3) is 0.222. The third-order valence-electron chi connectivity index (χ3n) is 5.73. The zero-order chi connectivity index (χ0) is 27.6. The maximum absolute atomic E-state index is 13.4. The molecule has 0 saturated heterocycles. The Kier molecular flexibility index (Phi) is 7.70. The molecule has 2 aromatic heterocycles. The molecule has 5 N–H and O–H groups in total. The number of carbonyl (C=O) groups is 2. The number of amides is 2. The second kappa shape index (κ2) is 10.8. The van der Waals surface area contributed by atoms with E-state index in [1.165, 1.54) is 30.9 Å². The summed E-state index contributed by atoms with van der Waals surface area (Å²) >= 11 is 1.26. The van der Waals surface area contributed by atoms with Gasteiger partial charge < -0.3 is 25.8 Å². The van der Waals surface area contributed by atoms with Gasteiger partial charge in [0.1, 0.15) is 16.8 Å². The lowest BCUT2D eigenvalue weighted by atomic mass is 9.86. The van der Waals surface area contributed by atoms with Gasteiger partial charge in [0.15, 0.2) is 5.75 Å². The molecule has 0 aliphatic rings. The number of fused-ring (bicyclic) bond motifs is 1. The SMILES string of the molecule is COc1c(NC(=O)c2cc3cccc(NC(=O)c4ccc(N)nc4)c3s2)cc(C(C)(C)C)cc1NS(C)=O. The standard InChI is InChI=1S/C27H29N5O4S2/c1-27(2,3)17-12-19(23(36-4)20(13-17)32-38(5)35)31-26(34)21-11-15-7-6-8-18(24(15)37-21)30-25(33)16-9-10-22(28)29-14-16/h6-14,32H,1-5H3,(H2,28,29)(H,30,33)(H,31,34). The Morgan fingerprint density at radius 2 is 1.71 bits per heavy atom. The number of nitrogens with one attached hydrogen (secondary N) is 3. The fourth-order valence-corrected chi connectivity index (χ4v) is 5.28. The molecule has 2 aromatic carbocycles. The Bertz CT molecular complexity index is 1540. The van der Waals surface area contributed by atoms with Crippen molar-refractivity contribution in [2.45, 2.75) is 26.2 Å². The lowest BCUT2D eigenvalue weighted by Gasteiger charge is -2.23. The molecule has 4 rings (SSSR count). The van der Waals surface area contributed by atoms with Crippen molar-refractivity contribution < 1.29 is 18.5 Å². The van der Waals surface area contributed by atoms with Crippen molar-refractivity contribution in [1.29, 1.82) is 0 Å². The molecule has 38 heavy (non-hydrogen) atoms. The van der Waals surface area contributed by atoms with Gasteiger partial charge in [-0.05, 0) is 52.8 Å². The minimum atomic E-state index is -1.34. The summed E-state index contributed by atoms with van der Waals surface area (Å²) in [6, 6.07) is 14.1. The average molecular weight is 552 g/mol. The van der Waals surface area contributed by atoms with Crippen molar-refractivity contribution in [3.63, 3.8) is 0 Å². The topological polar surface area (TPSA) is 135 Å². The summed E-state index contributed by atoms with van der Waals surface area (Å²) in [6.07, 6.45) is 2.94. The molecule has 9 nitrogen and oxygen atoms in total. The molecule has 0 aliphatic heterocycles. The van der Waals surface area contributed by atoms with Gasteiger partial charge in [-0.25, -0.2) is 9.19 Å². The van der Waals surface area contributed by atoms with Gasteiger partial charge in [-0.15, -0.1) is 11.3 Å². The number of rotatable bonds is 7. The van der Waals surface area contributed by atoms with Gasteiger partial charge in [-0.3, -0.25) is 9.59 Å². The molecule has 0 saturated carbocycles. The van der Waals surface area contributed by atoms with E-state index in [-0.39, 0.29) is 17.2 Å². The molecular weight excluding hydrogens is 522 g/mol. The Balaban J connectivity index is 1.66. The summed E-state index contributed by atoms with van der Waals surface area (Å²) in [7, 11) is 0.157. The van der Waals surface area contributed by atoms with E-state index < -0.39 is 11.0 Å². The van der Waals surface area contributed by atoms with Crippen molar-refractivity contribution >= 4 is 67.1 Å². The van der Waals surface area contributed by atoms with E-state index in [1.54, 1.807) is 24.3 Å². The molecule has 4 aromatic rings. The molecule has 0 fully saturated rings. The van der Waals surface area contributed by atoms with Gasteiger partial charge in [0.25, 0.3) is 11.8 Å². The number of carbonyl (C=O) groups excluding carboxylic acids is 2. The van der Waals surface area contributed by atoms with Gasteiger partial charge in [0, 0.05) is 12.5 Å². The molecular formula is C27H29N5O4S2. The van der Waals surface area contributed by atoms with E-state index in [1.807, 2.05) is 24.3 Å². The second-order valence-electron chi connectivity index (χ2n) is 9.63. The molecule has 11 heteroatoms. The normalized spacial score (nSPS) is 12.1. The number of nitrogens with zero attached hydrogens (tertiary/aromatic N) is 1. The maximum Gasteiger partial charge on any atom is 0.265 e. The number of hydrogen-bond donors (Lipinski definition) is 4. The minimum Gasteiger partial charge on any atom is -0.492 e. The molecule has 0 bridgehead atoms. The lowest BCUT2D eigenvalue weighted by Crippen LogP contribution is -2.16. The zero-order valence-electron chi connectivity index (χ0n) is 21.7. The number of hydrogen-bond acceptors (Lipinski definition) is 7. The van der Waals surface area contributed by atoms with Crippen LogP contribution >= 0.6 is 11.3 Å². The fourth-order valence-electron chi connectivity index (χ4n) is 3.80. The van der Waals surface area contributed by atoms with Crippen LogP contribution in [0.3, 0.4) is 0 Å². The second-order valence-corrected chi connectivity index (χ2v) is 11.8. The van der Waals surface area contributed by atoms with Crippen LogP contribution in [0.4, 0.5) is 22.9 Å². The molecule has 1 unspecified atom stereocenters. The summed E-state index contributed by atoms with van der Waals surface area (Å²) < 4.78 is 21.2. The highest BCUT2D eigenvalue weighted by Crippen LogP contribution is 2.40. The van der Waals surface area contributed by atoms with E-state index in [4.69, 9.17) is 10.5 Å². The largest absolute Gasteiger partial charge is 0.492 e. The van der Waals surface area contributed by atoms with Crippen molar-refractivity contribution in [1.82, 2.24) is 4.98 Å². The number of ether oxygens (including phenoxy) is 1. The van der Waals surface area contributed by atoms with Crippen LogP contribution in [0.15, 0.2) is 54.7 Å². The number of pyridine rings is 1. The highest BCUT2D eigenvalue weighted by Gasteiger charge is 2.22. The summed E-state index contributed by atoms with van der Waals surface area (Å²) in [5.41, 5.74) is 8.24. The smallest absolute Gasteiger partial charge is 0.265 e. The highest BCUT2D eigenvalue weighted by molar-refractivity contribution is 7.85. The Hall–Kier alpha value is -3.96. The van der Waals surface area contributed by atoms with Crippen LogP contribution in [0.5, 0.6) is 5.75 Å². The van der Waals surface area contributed by atoms with Crippen molar-refractivity contribution in [2.24, 2.45) is 0 Å².